The monoisotopic (exact) mass is 569 g/mol. The number of benzene rings is 1. The SMILES string of the molecule is CN=C(NCC1(c2cccc(C(F)(F)F)c2)CCC1)N1CCC(OCCCOC)CC1.I. The number of nitrogens with zero attached hydrogens (tertiary/aromatic N) is 2. The van der Waals surface area contributed by atoms with Crippen molar-refractivity contribution in [2.24, 2.45) is 4.99 Å². The summed E-state index contributed by atoms with van der Waals surface area (Å²) in [5, 5.41) is 3.45. The Hall–Kier alpha value is -1.07. The predicted molar refractivity (Wildman–Crippen MR) is 131 cm³/mol. The van der Waals surface area contributed by atoms with E-state index in [4.69, 9.17) is 9.47 Å². The third kappa shape index (κ3) is 6.96. The highest BCUT2D eigenvalue weighted by Gasteiger charge is 2.40. The number of likely N-dealkylation sites (tertiary alicyclic amines) is 1. The molecule has 1 aliphatic carbocycles. The van der Waals surface area contributed by atoms with Gasteiger partial charge in [-0.25, -0.2) is 0 Å². The Morgan fingerprint density at radius 1 is 1.22 bits per heavy atom. The van der Waals surface area contributed by atoms with E-state index in [0.717, 1.165) is 69.2 Å². The predicted octanol–water partition coefficient (Wildman–Crippen LogP) is 4.84. The maximum atomic E-state index is 13.2. The van der Waals surface area contributed by atoms with Gasteiger partial charge in [0.05, 0.1) is 11.7 Å². The van der Waals surface area contributed by atoms with Crippen LogP contribution < -0.4 is 5.32 Å². The highest BCUT2D eigenvalue weighted by molar-refractivity contribution is 14.0. The van der Waals surface area contributed by atoms with E-state index >= 15 is 0 Å². The molecule has 3 rings (SSSR count). The largest absolute Gasteiger partial charge is 0.416 e. The van der Waals surface area contributed by atoms with Crippen LogP contribution >= 0.6 is 24.0 Å². The Bertz CT molecular complexity index is 733. The summed E-state index contributed by atoms with van der Waals surface area (Å²) in [6.45, 7) is 3.72. The third-order valence-electron chi connectivity index (χ3n) is 6.50. The quantitative estimate of drug-likeness (QED) is 0.211. The molecule has 2 fully saturated rings. The number of guanidine groups is 1. The molecule has 9 heteroatoms. The number of hydrogen-bond donors (Lipinski definition) is 1. The average molecular weight is 569 g/mol. The maximum Gasteiger partial charge on any atom is 0.416 e. The van der Waals surface area contributed by atoms with Crippen molar-refractivity contribution < 1.29 is 22.6 Å². The molecule has 1 N–H and O–H groups in total. The first-order chi connectivity index (χ1) is 14.9. The molecule has 32 heavy (non-hydrogen) atoms. The standard InChI is InChI=1S/C23H34F3N3O2.HI/c1-27-21(29-12-8-20(9-13-29)31-15-5-14-30-2)28-17-22(10-4-11-22)18-6-3-7-19(16-18)23(24,25)26;/h3,6-7,16,20H,4-5,8-15,17H2,1-2H3,(H,27,28);1H. The van der Waals surface area contributed by atoms with Gasteiger partial charge in [0.1, 0.15) is 0 Å². The van der Waals surface area contributed by atoms with Gasteiger partial charge < -0.3 is 19.7 Å². The van der Waals surface area contributed by atoms with E-state index in [9.17, 15) is 13.2 Å². The van der Waals surface area contributed by atoms with Crippen molar-refractivity contribution in [2.45, 2.75) is 56.2 Å². The molecular formula is C23H35F3IN3O2. The van der Waals surface area contributed by atoms with Crippen LogP contribution in [0.25, 0.3) is 0 Å². The Balaban J connectivity index is 0.00000363. The van der Waals surface area contributed by atoms with Crippen molar-refractivity contribution in [2.75, 3.05) is 47.0 Å². The molecule has 1 aliphatic heterocycles. The molecule has 182 valence electrons. The lowest BCUT2D eigenvalue weighted by atomic mass is 9.64. The van der Waals surface area contributed by atoms with Gasteiger partial charge in [-0.2, -0.15) is 13.2 Å². The van der Waals surface area contributed by atoms with Crippen LogP contribution in [-0.4, -0.2) is 64.0 Å². The summed E-state index contributed by atoms with van der Waals surface area (Å²) >= 11 is 0. The normalized spacial score (nSPS) is 19.3. The summed E-state index contributed by atoms with van der Waals surface area (Å²) in [4.78, 5) is 6.65. The van der Waals surface area contributed by atoms with Gasteiger partial charge in [0.25, 0.3) is 0 Å². The van der Waals surface area contributed by atoms with Crippen LogP contribution in [0.5, 0.6) is 0 Å². The second kappa shape index (κ2) is 12.4. The number of aliphatic imine (C=N–C) groups is 1. The summed E-state index contributed by atoms with van der Waals surface area (Å²) in [5.41, 5.74) is -0.0760. The summed E-state index contributed by atoms with van der Waals surface area (Å²) in [6, 6.07) is 5.80. The molecule has 1 saturated carbocycles. The van der Waals surface area contributed by atoms with Crippen LogP contribution in [0.3, 0.4) is 0 Å². The van der Waals surface area contributed by atoms with Crippen LogP contribution in [0.15, 0.2) is 29.3 Å². The Morgan fingerprint density at radius 3 is 2.50 bits per heavy atom. The first-order valence-electron chi connectivity index (χ1n) is 11.1. The van der Waals surface area contributed by atoms with E-state index in [1.54, 1.807) is 14.2 Å². The fourth-order valence-electron chi connectivity index (χ4n) is 4.46. The third-order valence-corrected chi connectivity index (χ3v) is 6.50. The highest BCUT2D eigenvalue weighted by Crippen LogP contribution is 2.44. The summed E-state index contributed by atoms with van der Waals surface area (Å²) in [5.74, 6) is 0.816. The molecule has 0 spiro atoms. The van der Waals surface area contributed by atoms with Crippen molar-refractivity contribution in [3.05, 3.63) is 35.4 Å². The molecule has 0 amide bonds. The number of ether oxygens (including phenoxy) is 2. The molecule has 0 bridgehead atoms. The van der Waals surface area contributed by atoms with E-state index in [1.165, 1.54) is 12.1 Å². The topological polar surface area (TPSA) is 46.1 Å². The number of rotatable bonds is 8. The minimum atomic E-state index is -4.32. The van der Waals surface area contributed by atoms with Crippen LogP contribution in [-0.2, 0) is 21.1 Å². The van der Waals surface area contributed by atoms with Gasteiger partial charge in [0.15, 0.2) is 5.96 Å². The minimum absolute atomic E-state index is 0. The zero-order chi connectivity index (χ0) is 22.3. The molecule has 1 saturated heterocycles. The Morgan fingerprint density at radius 2 is 1.94 bits per heavy atom. The number of nitrogens with one attached hydrogen (secondary N) is 1. The van der Waals surface area contributed by atoms with Gasteiger partial charge >= 0.3 is 6.18 Å². The molecular weight excluding hydrogens is 534 g/mol. The van der Waals surface area contributed by atoms with Crippen LogP contribution in [0.4, 0.5) is 13.2 Å². The summed E-state index contributed by atoms with van der Waals surface area (Å²) in [7, 11) is 3.45. The Labute approximate surface area is 206 Å². The van der Waals surface area contributed by atoms with Crippen molar-refractivity contribution in [3.63, 3.8) is 0 Å². The van der Waals surface area contributed by atoms with Gasteiger partial charge in [-0.3, -0.25) is 4.99 Å². The molecule has 1 heterocycles. The number of halogens is 4. The van der Waals surface area contributed by atoms with Gasteiger partial charge in [0, 0.05) is 52.4 Å². The second-order valence-corrected chi connectivity index (χ2v) is 8.52. The average Bonchev–Trinajstić information content (AvgIpc) is 2.73. The molecule has 5 nitrogen and oxygen atoms in total. The van der Waals surface area contributed by atoms with Gasteiger partial charge in [-0.1, -0.05) is 24.6 Å². The lowest BCUT2D eigenvalue weighted by Gasteiger charge is -2.44. The van der Waals surface area contributed by atoms with E-state index < -0.39 is 11.7 Å². The molecule has 0 unspecified atom stereocenters. The number of piperidine rings is 1. The van der Waals surface area contributed by atoms with Crippen molar-refractivity contribution >= 4 is 29.9 Å². The van der Waals surface area contributed by atoms with Crippen molar-refractivity contribution in [1.29, 1.82) is 0 Å². The van der Waals surface area contributed by atoms with E-state index in [0.29, 0.717) is 19.8 Å². The first-order valence-corrected chi connectivity index (χ1v) is 11.1. The van der Waals surface area contributed by atoms with Crippen LogP contribution in [0.2, 0.25) is 0 Å². The molecule has 2 aliphatic rings. The summed E-state index contributed by atoms with van der Waals surface area (Å²) < 4.78 is 50.5. The highest BCUT2D eigenvalue weighted by atomic mass is 127. The van der Waals surface area contributed by atoms with E-state index in [2.05, 4.69) is 15.2 Å². The molecule has 1 aromatic carbocycles. The van der Waals surface area contributed by atoms with Gasteiger partial charge in [-0.05, 0) is 43.7 Å². The second-order valence-electron chi connectivity index (χ2n) is 8.52. The van der Waals surface area contributed by atoms with Crippen molar-refractivity contribution in [3.8, 4) is 0 Å². The first kappa shape index (κ1) is 27.2. The lowest BCUT2D eigenvalue weighted by Crippen LogP contribution is -2.52. The Kier molecular flexibility index (Phi) is 10.5. The van der Waals surface area contributed by atoms with Gasteiger partial charge in [-0.15, -0.1) is 24.0 Å². The maximum absolute atomic E-state index is 13.2. The zero-order valence-electron chi connectivity index (χ0n) is 18.9. The fraction of sp³-hybridized carbons (Fsp3) is 0.696. The van der Waals surface area contributed by atoms with Crippen LogP contribution in [0.1, 0.15) is 49.7 Å². The van der Waals surface area contributed by atoms with Gasteiger partial charge in [0.2, 0.25) is 0 Å². The fourth-order valence-corrected chi connectivity index (χ4v) is 4.46. The number of methoxy groups -OCH3 is 1. The van der Waals surface area contributed by atoms with E-state index in [1.807, 2.05) is 6.07 Å². The smallest absolute Gasteiger partial charge is 0.385 e. The zero-order valence-corrected chi connectivity index (χ0v) is 21.2. The lowest BCUT2D eigenvalue weighted by molar-refractivity contribution is -0.137. The number of alkyl halides is 3. The summed E-state index contributed by atoms with van der Waals surface area (Å²) in [6.07, 6.45) is 1.51. The molecule has 0 radical (unpaired) electrons. The minimum Gasteiger partial charge on any atom is -0.385 e. The number of hydrogen-bond acceptors (Lipinski definition) is 3. The van der Waals surface area contributed by atoms with Crippen LogP contribution in [0, 0.1) is 0 Å². The molecule has 0 atom stereocenters. The molecule has 1 aromatic rings. The van der Waals surface area contributed by atoms with E-state index in [-0.39, 0.29) is 35.5 Å². The molecule has 0 aromatic heterocycles. The van der Waals surface area contributed by atoms with Crippen molar-refractivity contribution in [1.82, 2.24) is 10.2 Å².